The fourth-order valence-corrected chi connectivity index (χ4v) is 2.39. The number of esters is 1. The Morgan fingerprint density at radius 2 is 1.61 bits per heavy atom. The molecule has 0 aliphatic heterocycles. The smallest absolute Gasteiger partial charge is 0.329 e. The fraction of sp³-hybridized carbons (Fsp3) is 0.250. The van der Waals surface area contributed by atoms with E-state index in [0.29, 0.717) is 5.56 Å². The molecule has 1 atom stereocenters. The Hall–Kier alpha value is -3.55. The van der Waals surface area contributed by atoms with Crippen LogP contribution in [0, 0.1) is 16.0 Å². The van der Waals surface area contributed by atoms with Gasteiger partial charge in [-0.1, -0.05) is 32.0 Å². The van der Waals surface area contributed by atoms with Gasteiger partial charge in [0.05, 0.1) is 4.92 Å². The molecule has 0 spiro atoms. The van der Waals surface area contributed by atoms with E-state index in [2.05, 4.69) is 5.32 Å². The van der Waals surface area contributed by atoms with Gasteiger partial charge in [-0.15, -0.1) is 0 Å². The van der Waals surface area contributed by atoms with Crippen molar-refractivity contribution < 1.29 is 24.0 Å². The number of benzene rings is 2. The second-order valence-corrected chi connectivity index (χ2v) is 6.40. The van der Waals surface area contributed by atoms with Gasteiger partial charge >= 0.3 is 5.97 Å². The second-order valence-electron chi connectivity index (χ2n) is 6.40. The van der Waals surface area contributed by atoms with Crippen molar-refractivity contribution in [1.29, 1.82) is 0 Å². The first-order chi connectivity index (χ1) is 13.3. The summed E-state index contributed by atoms with van der Waals surface area (Å²) >= 11 is 0. The molecule has 1 N–H and O–H groups in total. The second kappa shape index (κ2) is 9.40. The first-order valence-electron chi connectivity index (χ1n) is 8.59. The number of hydrogen-bond acceptors (Lipinski definition) is 6. The van der Waals surface area contributed by atoms with E-state index in [0.717, 1.165) is 0 Å². The van der Waals surface area contributed by atoms with Crippen LogP contribution in [0.4, 0.5) is 5.69 Å². The number of non-ortho nitro benzene ring substituents is 1. The van der Waals surface area contributed by atoms with Crippen molar-refractivity contribution in [2.24, 2.45) is 5.92 Å². The zero-order valence-electron chi connectivity index (χ0n) is 15.5. The van der Waals surface area contributed by atoms with Crippen LogP contribution in [-0.2, 0) is 9.53 Å². The number of Topliss-reactive ketones (excluding diaryl/α,β-unsaturated/α-hetero) is 1. The number of nitro groups is 1. The Kier molecular flexibility index (Phi) is 6.97. The molecule has 146 valence electrons. The molecule has 0 radical (unpaired) electrons. The van der Waals surface area contributed by atoms with Crippen LogP contribution in [0.15, 0.2) is 54.6 Å². The van der Waals surface area contributed by atoms with E-state index < -0.39 is 35.2 Å². The largest absolute Gasteiger partial charge is 0.456 e. The molecule has 8 nitrogen and oxygen atoms in total. The van der Waals surface area contributed by atoms with Crippen molar-refractivity contribution >= 4 is 23.3 Å². The maximum atomic E-state index is 12.4. The first kappa shape index (κ1) is 20.8. The van der Waals surface area contributed by atoms with Crippen LogP contribution in [0.25, 0.3) is 0 Å². The molecule has 0 saturated heterocycles. The summed E-state index contributed by atoms with van der Waals surface area (Å²) in [6.45, 7) is 2.96. The molecule has 0 saturated carbocycles. The van der Waals surface area contributed by atoms with Gasteiger partial charge in [0.25, 0.3) is 11.6 Å². The van der Waals surface area contributed by atoms with Gasteiger partial charge in [-0.3, -0.25) is 19.7 Å². The quantitative estimate of drug-likeness (QED) is 0.324. The average molecular weight is 384 g/mol. The Morgan fingerprint density at radius 3 is 2.14 bits per heavy atom. The van der Waals surface area contributed by atoms with E-state index in [1.165, 1.54) is 24.3 Å². The zero-order valence-corrected chi connectivity index (χ0v) is 15.5. The lowest BCUT2D eigenvalue weighted by Gasteiger charge is -2.20. The van der Waals surface area contributed by atoms with Gasteiger partial charge in [0.15, 0.2) is 12.4 Å². The lowest BCUT2D eigenvalue weighted by molar-refractivity contribution is -0.384. The Labute approximate surface area is 161 Å². The lowest BCUT2D eigenvalue weighted by Crippen LogP contribution is -2.45. The highest BCUT2D eigenvalue weighted by Crippen LogP contribution is 2.13. The third kappa shape index (κ3) is 5.47. The number of ether oxygens (including phenoxy) is 1. The maximum Gasteiger partial charge on any atom is 0.329 e. The lowest BCUT2D eigenvalue weighted by atomic mass is 10.0. The van der Waals surface area contributed by atoms with Gasteiger partial charge in [-0.2, -0.15) is 0 Å². The first-order valence-corrected chi connectivity index (χ1v) is 8.59. The van der Waals surface area contributed by atoms with Crippen molar-refractivity contribution in [3.63, 3.8) is 0 Å². The van der Waals surface area contributed by atoms with Crippen molar-refractivity contribution in [3.05, 3.63) is 75.8 Å². The van der Waals surface area contributed by atoms with E-state index in [9.17, 15) is 24.5 Å². The van der Waals surface area contributed by atoms with Crippen LogP contribution < -0.4 is 5.32 Å². The summed E-state index contributed by atoms with van der Waals surface area (Å²) in [4.78, 5) is 46.8. The highest BCUT2D eigenvalue weighted by Gasteiger charge is 2.27. The summed E-state index contributed by atoms with van der Waals surface area (Å²) in [5.41, 5.74) is 0.452. The van der Waals surface area contributed by atoms with Crippen molar-refractivity contribution in [2.75, 3.05) is 6.61 Å². The van der Waals surface area contributed by atoms with Gasteiger partial charge in [0.1, 0.15) is 6.04 Å². The topological polar surface area (TPSA) is 116 Å². The molecule has 0 bridgehead atoms. The number of hydrogen-bond donors (Lipinski definition) is 1. The highest BCUT2D eigenvalue weighted by molar-refractivity contribution is 5.99. The van der Waals surface area contributed by atoms with Crippen LogP contribution in [-0.4, -0.2) is 35.2 Å². The molecule has 2 aromatic rings. The van der Waals surface area contributed by atoms with Crippen LogP contribution in [0.2, 0.25) is 0 Å². The van der Waals surface area contributed by atoms with Gasteiger partial charge in [0, 0.05) is 23.3 Å². The molecule has 28 heavy (non-hydrogen) atoms. The van der Waals surface area contributed by atoms with E-state index in [4.69, 9.17) is 4.74 Å². The number of nitro benzene ring substituents is 1. The third-order valence-corrected chi connectivity index (χ3v) is 3.99. The number of nitrogens with one attached hydrogen (secondary N) is 1. The number of amides is 1. The minimum absolute atomic E-state index is 0.142. The molecule has 0 fully saturated rings. The van der Waals surface area contributed by atoms with Crippen LogP contribution >= 0.6 is 0 Å². The summed E-state index contributed by atoms with van der Waals surface area (Å²) in [5, 5.41) is 13.3. The molecule has 0 heterocycles. The Morgan fingerprint density at radius 1 is 1.00 bits per heavy atom. The fourth-order valence-electron chi connectivity index (χ4n) is 2.39. The monoisotopic (exact) mass is 384 g/mol. The number of nitrogens with zero attached hydrogens (tertiary/aromatic N) is 1. The normalized spacial score (nSPS) is 11.5. The van der Waals surface area contributed by atoms with E-state index in [-0.39, 0.29) is 17.2 Å². The summed E-state index contributed by atoms with van der Waals surface area (Å²) in [6, 6.07) is 12.5. The van der Waals surface area contributed by atoms with E-state index >= 15 is 0 Å². The van der Waals surface area contributed by atoms with Gasteiger partial charge in [0.2, 0.25) is 0 Å². The van der Waals surface area contributed by atoms with Gasteiger partial charge in [-0.25, -0.2) is 4.79 Å². The molecular weight excluding hydrogens is 364 g/mol. The number of ketones is 1. The summed E-state index contributed by atoms with van der Waals surface area (Å²) in [6.07, 6.45) is 0. The van der Waals surface area contributed by atoms with E-state index in [1.807, 2.05) is 0 Å². The number of carbonyl (C=O) groups excluding carboxylic acids is 3. The molecule has 0 aromatic heterocycles. The van der Waals surface area contributed by atoms with Gasteiger partial charge < -0.3 is 10.1 Å². The molecule has 2 aromatic carbocycles. The molecule has 0 unspecified atom stereocenters. The van der Waals surface area contributed by atoms with Crippen LogP contribution in [0.5, 0.6) is 0 Å². The molecular formula is C20H20N2O6. The Bertz CT molecular complexity index is 862. The summed E-state index contributed by atoms with van der Waals surface area (Å²) in [7, 11) is 0. The molecule has 8 heteroatoms. The molecule has 2 rings (SSSR count). The minimum atomic E-state index is -0.919. The van der Waals surface area contributed by atoms with Crippen LogP contribution in [0.1, 0.15) is 34.6 Å². The molecule has 0 aliphatic rings. The Balaban J connectivity index is 1.97. The summed E-state index contributed by atoms with van der Waals surface area (Å²) in [5.74, 6) is -1.90. The number of carbonyl (C=O) groups is 3. The van der Waals surface area contributed by atoms with Crippen molar-refractivity contribution in [1.82, 2.24) is 5.32 Å². The predicted octanol–water partition coefficient (Wildman–Crippen LogP) is 2.78. The number of rotatable bonds is 8. The average Bonchev–Trinajstić information content (AvgIpc) is 2.70. The zero-order chi connectivity index (χ0) is 20.7. The summed E-state index contributed by atoms with van der Waals surface area (Å²) < 4.78 is 5.06. The molecule has 0 aliphatic carbocycles. The van der Waals surface area contributed by atoms with E-state index in [1.54, 1.807) is 44.2 Å². The standard InChI is InChI=1S/C20H20N2O6/c1-13(2)18(21-19(24)15-6-4-3-5-7-15)20(25)28-12-17(23)14-8-10-16(11-9-14)22(26)27/h3-11,13,18H,12H2,1-2H3,(H,21,24)/t18-/m1/s1. The highest BCUT2D eigenvalue weighted by atomic mass is 16.6. The molecule has 1 amide bonds. The minimum Gasteiger partial charge on any atom is -0.456 e. The van der Waals surface area contributed by atoms with Gasteiger partial charge in [-0.05, 0) is 30.2 Å². The third-order valence-electron chi connectivity index (χ3n) is 3.99. The van der Waals surface area contributed by atoms with Crippen LogP contribution in [0.3, 0.4) is 0 Å². The van der Waals surface area contributed by atoms with Crippen molar-refractivity contribution in [3.8, 4) is 0 Å². The maximum absolute atomic E-state index is 12.4. The SMILES string of the molecule is CC(C)[C@@H](NC(=O)c1ccccc1)C(=O)OCC(=O)c1ccc([N+](=O)[O-])cc1. The predicted molar refractivity (Wildman–Crippen MR) is 101 cm³/mol. The van der Waals surface area contributed by atoms with Crippen molar-refractivity contribution in [2.45, 2.75) is 19.9 Å².